The van der Waals surface area contributed by atoms with Crippen LogP contribution in [0.15, 0.2) is 48.5 Å². The zero-order valence-electron chi connectivity index (χ0n) is 14.5. The predicted molar refractivity (Wildman–Crippen MR) is 97.0 cm³/mol. The highest BCUT2D eigenvalue weighted by Crippen LogP contribution is 2.21. The number of carbonyl (C=O) groups is 2. The Bertz CT molecular complexity index is 728. The summed E-state index contributed by atoms with van der Waals surface area (Å²) in [7, 11) is 0. The van der Waals surface area contributed by atoms with E-state index in [0.717, 1.165) is 30.4 Å². The van der Waals surface area contributed by atoms with Crippen molar-refractivity contribution in [2.45, 2.75) is 39.2 Å². The number of benzene rings is 2. The fourth-order valence-corrected chi connectivity index (χ4v) is 2.51. The SMILES string of the molecule is CCCCc1ccc(NC(=O)OC(C)c2ccccc2)c(C(=O)O)c1. The van der Waals surface area contributed by atoms with Crippen molar-refractivity contribution in [3.8, 4) is 0 Å². The molecule has 2 rings (SSSR count). The molecule has 0 saturated heterocycles. The molecular weight excluding hydrogens is 318 g/mol. The molecule has 0 radical (unpaired) electrons. The Kier molecular flexibility index (Phi) is 6.57. The molecule has 0 aliphatic carbocycles. The highest BCUT2D eigenvalue weighted by Gasteiger charge is 2.16. The van der Waals surface area contributed by atoms with E-state index in [4.69, 9.17) is 4.74 Å². The summed E-state index contributed by atoms with van der Waals surface area (Å²) in [6.07, 6.45) is 1.72. The van der Waals surface area contributed by atoms with Crippen LogP contribution in [-0.2, 0) is 11.2 Å². The van der Waals surface area contributed by atoms with Crippen LogP contribution >= 0.6 is 0 Å². The Morgan fingerprint density at radius 3 is 2.52 bits per heavy atom. The third-order valence-electron chi connectivity index (χ3n) is 3.92. The highest BCUT2D eigenvalue weighted by molar-refractivity contribution is 5.98. The van der Waals surface area contributed by atoms with Gasteiger partial charge in [0.2, 0.25) is 0 Å². The van der Waals surface area contributed by atoms with Gasteiger partial charge in [-0.2, -0.15) is 0 Å². The number of hydrogen-bond donors (Lipinski definition) is 2. The van der Waals surface area contributed by atoms with Crippen molar-refractivity contribution in [3.05, 3.63) is 65.2 Å². The zero-order valence-corrected chi connectivity index (χ0v) is 14.5. The van der Waals surface area contributed by atoms with Crippen molar-refractivity contribution in [3.63, 3.8) is 0 Å². The molecule has 0 bridgehead atoms. The summed E-state index contributed by atoms with van der Waals surface area (Å²) < 4.78 is 5.33. The molecule has 2 aromatic rings. The van der Waals surface area contributed by atoms with Crippen molar-refractivity contribution in [2.24, 2.45) is 0 Å². The molecule has 2 aromatic carbocycles. The summed E-state index contributed by atoms with van der Waals surface area (Å²) in [5, 5.41) is 11.9. The normalized spacial score (nSPS) is 11.6. The molecule has 5 nitrogen and oxygen atoms in total. The number of anilines is 1. The second-order valence-electron chi connectivity index (χ2n) is 5.87. The minimum Gasteiger partial charge on any atom is -0.478 e. The number of aryl methyl sites for hydroxylation is 1. The van der Waals surface area contributed by atoms with Gasteiger partial charge >= 0.3 is 12.1 Å². The summed E-state index contributed by atoms with van der Waals surface area (Å²) in [5.41, 5.74) is 2.11. The molecule has 1 unspecified atom stereocenters. The first-order chi connectivity index (χ1) is 12.0. The zero-order chi connectivity index (χ0) is 18.2. The van der Waals surface area contributed by atoms with E-state index in [1.807, 2.05) is 36.4 Å². The van der Waals surface area contributed by atoms with Gasteiger partial charge in [-0.05, 0) is 43.0 Å². The van der Waals surface area contributed by atoms with Crippen molar-refractivity contribution < 1.29 is 19.4 Å². The first-order valence-electron chi connectivity index (χ1n) is 8.40. The maximum absolute atomic E-state index is 12.1. The Morgan fingerprint density at radius 2 is 1.88 bits per heavy atom. The minimum atomic E-state index is -1.08. The number of aromatic carboxylic acids is 1. The Labute approximate surface area is 147 Å². The van der Waals surface area contributed by atoms with Gasteiger partial charge in [0.05, 0.1) is 11.3 Å². The lowest BCUT2D eigenvalue weighted by Crippen LogP contribution is -2.18. The third-order valence-corrected chi connectivity index (χ3v) is 3.92. The lowest BCUT2D eigenvalue weighted by Gasteiger charge is -2.15. The Morgan fingerprint density at radius 1 is 1.16 bits per heavy atom. The van der Waals surface area contributed by atoms with E-state index in [2.05, 4.69) is 12.2 Å². The number of amides is 1. The molecule has 0 aromatic heterocycles. The highest BCUT2D eigenvalue weighted by atomic mass is 16.6. The number of ether oxygens (including phenoxy) is 1. The second-order valence-corrected chi connectivity index (χ2v) is 5.87. The lowest BCUT2D eigenvalue weighted by atomic mass is 10.0. The standard InChI is InChI=1S/C20H23NO4/c1-3-4-8-15-11-12-18(17(13-15)19(22)23)21-20(24)25-14(2)16-9-6-5-7-10-16/h5-7,9-14H,3-4,8H2,1-2H3,(H,21,24)(H,22,23). The number of carboxylic acid groups (broad SMARTS) is 1. The van der Waals surface area contributed by atoms with Crippen LogP contribution in [0.3, 0.4) is 0 Å². The quantitative estimate of drug-likeness (QED) is 0.740. The summed E-state index contributed by atoms with van der Waals surface area (Å²) in [4.78, 5) is 23.6. The van der Waals surface area contributed by atoms with Crippen LogP contribution in [0, 0.1) is 0 Å². The number of nitrogens with one attached hydrogen (secondary N) is 1. The monoisotopic (exact) mass is 341 g/mol. The van der Waals surface area contributed by atoms with Crippen LogP contribution in [0.1, 0.15) is 54.3 Å². The van der Waals surface area contributed by atoms with Crippen LogP contribution in [0.5, 0.6) is 0 Å². The molecule has 0 aliphatic rings. The molecular formula is C20H23NO4. The number of carboxylic acids is 1. The average molecular weight is 341 g/mol. The predicted octanol–water partition coefficient (Wildman–Crippen LogP) is 5.04. The average Bonchev–Trinajstić information content (AvgIpc) is 2.61. The van der Waals surface area contributed by atoms with Gasteiger partial charge in [0.15, 0.2) is 0 Å². The third kappa shape index (κ3) is 5.35. The maximum atomic E-state index is 12.1. The van der Waals surface area contributed by atoms with Gasteiger partial charge in [-0.15, -0.1) is 0 Å². The molecule has 5 heteroatoms. The molecule has 1 atom stereocenters. The summed E-state index contributed by atoms with van der Waals surface area (Å²) in [5.74, 6) is -1.08. The number of carbonyl (C=O) groups excluding carboxylic acids is 1. The molecule has 132 valence electrons. The minimum absolute atomic E-state index is 0.0675. The van der Waals surface area contributed by atoms with Crippen LogP contribution in [0.4, 0.5) is 10.5 Å². The van der Waals surface area contributed by atoms with E-state index in [-0.39, 0.29) is 11.3 Å². The summed E-state index contributed by atoms with van der Waals surface area (Å²) in [6, 6.07) is 14.4. The summed E-state index contributed by atoms with van der Waals surface area (Å²) >= 11 is 0. The molecule has 0 aliphatic heterocycles. The van der Waals surface area contributed by atoms with E-state index in [0.29, 0.717) is 0 Å². The molecule has 2 N–H and O–H groups in total. The van der Waals surface area contributed by atoms with Crippen LogP contribution < -0.4 is 5.32 Å². The smallest absolute Gasteiger partial charge is 0.412 e. The number of unbranched alkanes of at least 4 members (excludes halogenated alkanes) is 1. The molecule has 25 heavy (non-hydrogen) atoms. The van der Waals surface area contributed by atoms with E-state index in [1.165, 1.54) is 0 Å². The molecule has 0 heterocycles. The Hall–Kier alpha value is -2.82. The largest absolute Gasteiger partial charge is 0.478 e. The fraction of sp³-hybridized carbons (Fsp3) is 0.300. The van der Waals surface area contributed by atoms with Crippen LogP contribution in [-0.4, -0.2) is 17.2 Å². The van der Waals surface area contributed by atoms with Gasteiger partial charge in [-0.3, -0.25) is 5.32 Å². The summed E-state index contributed by atoms with van der Waals surface area (Å²) in [6.45, 7) is 3.85. The fourth-order valence-electron chi connectivity index (χ4n) is 2.51. The van der Waals surface area contributed by atoms with E-state index < -0.39 is 18.2 Å². The van der Waals surface area contributed by atoms with Crippen LogP contribution in [0.2, 0.25) is 0 Å². The van der Waals surface area contributed by atoms with Crippen molar-refractivity contribution >= 4 is 17.7 Å². The van der Waals surface area contributed by atoms with E-state index in [9.17, 15) is 14.7 Å². The molecule has 0 saturated carbocycles. The maximum Gasteiger partial charge on any atom is 0.412 e. The van der Waals surface area contributed by atoms with Crippen molar-refractivity contribution in [1.29, 1.82) is 0 Å². The van der Waals surface area contributed by atoms with Gasteiger partial charge in [0, 0.05) is 0 Å². The van der Waals surface area contributed by atoms with E-state index >= 15 is 0 Å². The van der Waals surface area contributed by atoms with Gasteiger partial charge < -0.3 is 9.84 Å². The molecule has 0 spiro atoms. The topological polar surface area (TPSA) is 75.6 Å². The molecule has 1 amide bonds. The van der Waals surface area contributed by atoms with Crippen LogP contribution in [0.25, 0.3) is 0 Å². The van der Waals surface area contributed by atoms with Gasteiger partial charge in [0.1, 0.15) is 6.10 Å². The van der Waals surface area contributed by atoms with Crippen molar-refractivity contribution in [1.82, 2.24) is 0 Å². The van der Waals surface area contributed by atoms with E-state index in [1.54, 1.807) is 19.1 Å². The number of hydrogen-bond acceptors (Lipinski definition) is 3. The lowest BCUT2D eigenvalue weighted by molar-refractivity contribution is 0.0698. The first-order valence-corrected chi connectivity index (χ1v) is 8.40. The van der Waals surface area contributed by atoms with Crippen molar-refractivity contribution in [2.75, 3.05) is 5.32 Å². The van der Waals surface area contributed by atoms with Gasteiger partial charge in [-0.1, -0.05) is 49.7 Å². The van der Waals surface area contributed by atoms with Gasteiger partial charge in [0.25, 0.3) is 0 Å². The first kappa shape index (κ1) is 18.5. The van der Waals surface area contributed by atoms with Gasteiger partial charge in [-0.25, -0.2) is 9.59 Å². The molecule has 0 fully saturated rings. The Balaban J connectivity index is 2.07. The second kappa shape index (κ2) is 8.87. The number of rotatable bonds is 7.